The van der Waals surface area contributed by atoms with Gasteiger partial charge in [0.05, 0.1) is 6.61 Å². The average Bonchev–Trinajstić information content (AvgIpc) is 2.46. The maximum absolute atomic E-state index is 9.23. The van der Waals surface area contributed by atoms with E-state index in [0.29, 0.717) is 23.7 Å². The predicted molar refractivity (Wildman–Crippen MR) is 68.2 cm³/mol. The highest BCUT2D eigenvalue weighted by molar-refractivity contribution is 5.30. The summed E-state index contributed by atoms with van der Waals surface area (Å²) in [6.07, 6.45) is 1.57. The molecule has 0 fully saturated rings. The Hall–Kier alpha value is -2.45. The van der Waals surface area contributed by atoms with Gasteiger partial charge < -0.3 is 9.84 Å². The molecule has 0 radical (unpaired) electrons. The Morgan fingerprint density at radius 1 is 1.37 bits per heavy atom. The van der Waals surface area contributed by atoms with Crippen LogP contribution in [0.2, 0.25) is 0 Å². The lowest BCUT2D eigenvalue weighted by atomic mass is 10.2. The molecule has 2 aromatic rings. The molecule has 5 nitrogen and oxygen atoms in total. The van der Waals surface area contributed by atoms with E-state index in [-0.39, 0.29) is 6.61 Å². The van der Waals surface area contributed by atoms with Gasteiger partial charge in [0.2, 0.25) is 0 Å². The molecule has 0 aliphatic heterocycles. The maximum Gasteiger partial charge on any atom is 0.143 e. The second-order valence-electron chi connectivity index (χ2n) is 4.01. The molecule has 0 aromatic carbocycles. The van der Waals surface area contributed by atoms with Crippen molar-refractivity contribution < 1.29 is 9.84 Å². The van der Waals surface area contributed by atoms with Crippen molar-refractivity contribution in [3.63, 3.8) is 0 Å². The Bertz CT molecular complexity index is 620. The standard InChI is InChI=1S/C14H13N3O2/c1-10-2-3-14(13(8-18)17-10)19-9-11-4-5-16-12(6-11)7-15/h2-6,18H,8-9H2,1H3. The van der Waals surface area contributed by atoms with Gasteiger partial charge in [0.1, 0.15) is 29.8 Å². The molecule has 5 heteroatoms. The molecule has 0 atom stereocenters. The molecule has 0 saturated heterocycles. The summed E-state index contributed by atoms with van der Waals surface area (Å²) in [5.41, 5.74) is 2.53. The summed E-state index contributed by atoms with van der Waals surface area (Å²) in [7, 11) is 0. The molecule has 19 heavy (non-hydrogen) atoms. The van der Waals surface area contributed by atoms with E-state index in [2.05, 4.69) is 9.97 Å². The van der Waals surface area contributed by atoms with Crippen molar-refractivity contribution in [1.29, 1.82) is 5.26 Å². The molecular formula is C14H13N3O2. The highest BCUT2D eigenvalue weighted by Gasteiger charge is 2.05. The summed E-state index contributed by atoms with van der Waals surface area (Å²) in [4.78, 5) is 8.09. The molecule has 0 amide bonds. The van der Waals surface area contributed by atoms with Crippen LogP contribution in [0.25, 0.3) is 0 Å². The average molecular weight is 255 g/mol. The molecule has 0 aliphatic rings. The first-order valence-corrected chi connectivity index (χ1v) is 5.78. The smallest absolute Gasteiger partial charge is 0.143 e. The van der Waals surface area contributed by atoms with Crippen LogP contribution in [-0.2, 0) is 13.2 Å². The fourth-order valence-electron chi connectivity index (χ4n) is 1.63. The van der Waals surface area contributed by atoms with Crippen molar-refractivity contribution in [2.45, 2.75) is 20.1 Å². The van der Waals surface area contributed by atoms with Crippen molar-refractivity contribution in [3.8, 4) is 11.8 Å². The summed E-state index contributed by atoms with van der Waals surface area (Å²) >= 11 is 0. The number of aliphatic hydroxyl groups is 1. The highest BCUT2D eigenvalue weighted by atomic mass is 16.5. The van der Waals surface area contributed by atoms with Crippen LogP contribution in [-0.4, -0.2) is 15.1 Å². The van der Waals surface area contributed by atoms with Crippen LogP contribution in [0.5, 0.6) is 5.75 Å². The van der Waals surface area contributed by atoms with Gasteiger partial charge in [0.25, 0.3) is 0 Å². The zero-order valence-corrected chi connectivity index (χ0v) is 10.5. The van der Waals surface area contributed by atoms with Gasteiger partial charge in [0.15, 0.2) is 0 Å². The molecule has 0 aliphatic carbocycles. The van der Waals surface area contributed by atoms with Crippen LogP contribution < -0.4 is 4.74 Å². The maximum atomic E-state index is 9.23. The molecule has 1 N–H and O–H groups in total. The fourth-order valence-corrected chi connectivity index (χ4v) is 1.63. The Labute approximate surface area is 111 Å². The van der Waals surface area contributed by atoms with Gasteiger partial charge in [-0.1, -0.05) is 0 Å². The minimum absolute atomic E-state index is 0.170. The highest BCUT2D eigenvalue weighted by Crippen LogP contribution is 2.18. The Morgan fingerprint density at radius 3 is 2.95 bits per heavy atom. The zero-order valence-electron chi connectivity index (χ0n) is 10.5. The summed E-state index contributed by atoms with van der Waals surface area (Å²) < 4.78 is 5.61. The van der Waals surface area contributed by atoms with E-state index in [9.17, 15) is 5.11 Å². The zero-order chi connectivity index (χ0) is 13.7. The number of aliphatic hydroxyl groups excluding tert-OH is 1. The molecular weight excluding hydrogens is 242 g/mol. The SMILES string of the molecule is Cc1ccc(OCc2ccnc(C#N)c2)c(CO)n1. The Balaban J connectivity index is 2.12. The van der Waals surface area contributed by atoms with E-state index in [1.165, 1.54) is 0 Å². The van der Waals surface area contributed by atoms with Gasteiger partial charge in [-0.15, -0.1) is 0 Å². The number of ether oxygens (including phenoxy) is 1. The number of nitrogens with zero attached hydrogens (tertiary/aromatic N) is 3. The molecule has 0 spiro atoms. The largest absolute Gasteiger partial charge is 0.487 e. The number of hydrogen-bond acceptors (Lipinski definition) is 5. The third-order valence-corrected chi connectivity index (χ3v) is 2.55. The second-order valence-corrected chi connectivity index (χ2v) is 4.01. The lowest BCUT2D eigenvalue weighted by Crippen LogP contribution is -2.02. The van der Waals surface area contributed by atoms with Crippen molar-refractivity contribution in [1.82, 2.24) is 9.97 Å². The quantitative estimate of drug-likeness (QED) is 0.900. The van der Waals surface area contributed by atoms with Crippen molar-refractivity contribution in [2.24, 2.45) is 0 Å². The molecule has 2 heterocycles. The number of pyridine rings is 2. The van der Waals surface area contributed by atoms with Crippen molar-refractivity contribution >= 4 is 0 Å². The van der Waals surface area contributed by atoms with Crippen molar-refractivity contribution in [3.05, 3.63) is 53.1 Å². The first-order chi connectivity index (χ1) is 9.22. The van der Waals surface area contributed by atoms with Crippen LogP contribution in [0.15, 0.2) is 30.5 Å². The Morgan fingerprint density at radius 2 is 2.21 bits per heavy atom. The summed E-state index contributed by atoms with van der Waals surface area (Å²) in [5, 5.41) is 18.0. The first-order valence-electron chi connectivity index (χ1n) is 5.78. The first kappa shape index (κ1) is 13.0. The van der Waals surface area contributed by atoms with E-state index in [4.69, 9.17) is 10.00 Å². The van der Waals surface area contributed by atoms with E-state index < -0.39 is 0 Å². The van der Waals surface area contributed by atoms with E-state index >= 15 is 0 Å². The third-order valence-electron chi connectivity index (χ3n) is 2.55. The van der Waals surface area contributed by atoms with Crippen LogP contribution in [0.1, 0.15) is 22.6 Å². The number of aryl methyl sites for hydroxylation is 1. The normalized spacial score (nSPS) is 9.95. The van der Waals surface area contributed by atoms with Gasteiger partial charge in [0, 0.05) is 11.9 Å². The van der Waals surface area contributed by atoms with E-state index in [1.54, 1.807) is 24.4 Å². The lowest BCUT2D eigenvalue weighted by Gasteiger charge is -2.10. The van der Waals surface area contributed by atoms with Gasteiger partial charge in [-0.3, -0.25) is 4.98 Å². The molecule has 96 valence electrons. The van der Waals surface area contributed by atoms with Crippen LogP contribution in [0.4, 0.5) is 0 Å². The lowest BCUT2D eigenvalue weighted by molar-refractivity contribution is 0.253. The number of aromatic nitrogens is 2. The molecule has 2 rings (SSSR count). The van der Waals surface area contributed by atoms with Crippen molar-refractivity contribution in [2.75, 3.05) is 0 Å². The van der Waals surface area contributed by atoms with E-state index in [0.717, 1.165) is 11.3 Å². The number of rotatable bonds is 4. The number of nitriles is 1. The molecule has 0 saturated carbocycles. The topological polar surface area (TPSA) is 79.0 Å². The minimum Gasteiger partial charge on any atom is -0.487 e. The summed E-state index contributed by atoms with van der Waals surface area (Å²) in [5.74, 6) is 0.545. The van der Waals surface area contributed by atoms with Gasteiger partial charge in [-0.2, -0.15) is 5.26 Å². The molecule has 0 bridgehead atoms. The van der Waals surface area contributed by atoms with E-state index in [1.807, 2.05) is 19.1 Å². The van der Waals surface area contributed by atoms with Crippen LogP contribution in [0.3, 0.4) is 0 Å². The third kappa shape index (κ3) is 3.27. The monoisotopic (exact) mass is 255 g/mol. The summed E-state index contributed by atoms with van der Waals surface area (Å²) in [6.45, 7) is 1.98. The molecule has 2 aromatic heterocycles. The molecule has 0 unspecified atom stereocenters. The van der Waals surface area contributed by atoms with Crippen LogP contribution in [0, 0.1) is 18.3 Å². The second kappa shape index (κ2) is 5.94. The van der Waals surface area contributed by atoms with Crippen LogP contribution >= 0.6 is 0 Å². The summed E-state index contributed by atoms with van der Waals surface area (Å²) in [6, 6.07) is 9.02. The predicted octanol–water partition coefficient (Wildman–Crippen LogP) is 1.73. The number of hydrogen-bond donors (Lipinski definition) is 1. The fraction of sp³-hybridized carbons (Fsp3) is 0.214. The van der Waals surface area contributed by atoms with Gasteiger partial charge in [-0.25, -0.2) is 4.98 Å². The van der Waals surface area contributed by atoms with Gasteiger partial charge in [-0.05, 0) is 36.8 Å². The Kier molecular flexibility index (Phi) is 4.06. The minimum atomic E-state index is -0.170. The van der Waals surface area contributed by atoms with Gasteiger partial charge >= 0.3 is 0 Å².